The van der Waals surface area contributed by atoms with Crippen molar-refractivity contribution in [2.45, 2.75) is 19.4 Å². The highest BCUT2D eigenvalue weighted by Gasteiger charge is 2.14. The van der Waals surface area contributed by atoms with Crippen LogP contribution in [0.1, 0.15) is 28.0 Å². The van der Waals surface area contributed by atoms with E-state index in [1.165, 1.54) is 6.20 Å². The van der Waals surface area contributed by atoms with Crippen molar-refractivity contribution in [3.05, 3.63) is 74.8 Å². The minimum absolute atomic E-state index is 0.0417. The van der Waals surface area contributed by atoms with Crippen LogP contribution in [0.2, 0.25) is 5.02 Å². The first-order valence-corrected chi connectivity index (χ1v) is 8.48. The fraction of sp³-hybridized carbons (Fsp3) is 0.222. The monoisotopic (exact) mass is 372 g/mol. The van der Waals surface area contributed by atoms with Crippen LogP contribution in [0, 0.1) is 0 Å². The van der Waals surface area contributed by atoms with Gasteiger partial charge in [0, 0.05) is 24.4 Å². The molecule has 0 fully saturated rings. The van der Waals surface area contributed by atoms with Crippen molar-refractivity contribution in [2.75, 3.05) is 6.61 Å². The molecule has 0 bridgehead atoms. The smallest absolute Gasteiger partial charge is 0.287 e. The lowest BCUT2D eigenvalue weighted by atomic mass is 10.2. The molecule has 2 N–H and O–H groups in total. The molecule has 1 aromatic carbocycles. The zero-order valence-corrected chi connectivity index (χ0v) is 14.6. The Labute approximate surface area is 154 Å². The van der Waals surface area contributed by atoms with Gasteiger partial charge in [-0.25, -0.2) is 4.98 Å². The molecule has 0 aliphatic heterocycles. The van der Waals surface area contributed by atoms with E-state index in [0.717, 1.165) is 10.1 Å². The zero-order chi connectivity index (χ0) is 18.5. The Kier molecular flexibility index (Phi) is 5.60. The molecule has 2 heterocycles. The minimum atomic E-state index is -0.533. The van der Waals surface area contributed by atoms with Crippen molar-refractivity contribution < 1.29 is 9.90 Å². The predicted octanol–water partition coefficient (Wildman–Crippen LogP) is 1.60. The van der Waals surface area contributed by atoms with Gasteiger partial charge in [-0.1, -0.05) is 23.7 Å². The molecule has 0 unspecified atom stereocenters. The van der Waals surface area contributed by atoms with Gasteiger partial charge >= 0.3 is 0 Å². The van der Waals surface area contributed by atoms with Crippen LogP contribution in [0.25, 0.3) is 5.65 Å². The minimum Gasteiger partial charge on any atom is -0.396 e. The van der Waals surface area contributed by atoms with Gasteiger partial charge in [-0.3, -0.25) is 9.59 Å². The second kappa shape index (κ2) is 8.07. The van der Waals surface area contributed by atoms with Crippen LogP contribution in [-0.4, -0.2) is 32.2 Å². The molecular weight excluding hydrogens is 356 g/mol. The number of aliphatic hydroxyl groups excluding tert-OH is 1. The van der Waals surface area contributed by atoms with Crippen molar-refractivity contribution in [3.63, 3.8) is 0 Å². The van der Waals surface area contributed by atoms with Crippen LogP contribution in [0.4, 0.5) is 0 Å². The quantitative estimate of drug-likeness (QED) is 0.685. The number of halogens is 1. The van der Waals surface area contributed by atoms with E-state index in [2.05, 4.69) is 15.4 Å². The molecular formula is C18H17ClN4O3. The molecule has 0 aliphatic carbocycles. The number of amides is 1. The lowest BCUT2D eigenvalue weighted by molar-refractivity contribution is 0.0948. The molecule has 7 nitrogen and oxygen atoms in total. The van der Waals surface area contributed by atoms with Crippen LogP contribution in [0.3, 0.4) is 0 Å². The fourth-order valence-electron chi connectivity index (χ4n) is 2.43. The molecule has 0 saturated heterocycles. The Morgan fingerprint density at radius 2 is 1.96 bits per heavy atom. The maximum Gasteiger partial charge on any atom is 0.287 e. The van der Waals surface area contributed by atoms with Crippen molar-refractivity contribution in [1.29, 1.82) is 0 Å². The van der Waals surface area contributed by atoms with E-state index >= 15 is 0 Å². The number of fused-ring (bicyclic) bond motifs is 1. The van der Waals surface area contributed by atoms with Crippen molar-refractivity contribution in [3.8, 4) is 0 Å². The second-order valence-electron chi connectivity index (χ2n) is 5.71. The Morgan fingerprint density at radius 3 is 2.69 bits per heavy atom. The van der Waals surface area contributed by atoms with Gasteiger partial charge in [-0.2, -0.15) is 9.61 Å². The largest absolute Gasteiger partial charge is 0.396 e. The van der Waals surface area contributed by atoms with Crippen LogP contribution < -0.4 is 10.9 Å². The van der Waals surface area contributed by atoms with E-state index in [9.17, 15) is 9.59 Å². The third-order valence-electron chi connectivity index (χ3n) is 3.82. The van der Waals surface area contributed by atoms with E-state index in [1.807, 2.05) is 0 Å². The number of hydrogen-bond acceptors (Lipinski definition) is 5. The van der Waals surface area contributed by atoms with Crippen molar-refractivity contribution >= 4 is 23.2 Å². The summed E-state index contributed by atoms with van der Waals surface area (Å²) < 4.78 is 1.11. The Hall–Kier alpha value is -2.77. The molecule has 8 heteroatoms. The third-order valence-corrected chi connectivity index (χ3v) is 4.07. The number of nitrogens with one attached hydrogen (secondary N) is 1. The number of aromatic nitrogens is 3. The first-order valence-electron chi connectivity index (χ1n) is 8.10. The van der Waals surface area contributed by atoms with E-state index in [-0.39, 0.29) is 18.7 Å². The van der Waals surface area contributed by atoms with Gasteiger partial charge in [0.15, 0.2) is 5.65 Å². The molecule has 0 aliphatic rings. The number of carbonyl (C=O) groups excluding carboxylic acids is 1. The van der Waals surface area contributed by atoms with Gasteiger partial charge < -0.3 is 10.4 Å². The molecule has 3 aromatic rings. The number of hydrogen-bond donors (Lipinski definition) is 2. The lowest BCUT2D eigenvalue weighted by Gasteiger charge is -2.07. The van der Waals surface area contributed by atoms with E-state index in [4.69, 9.17) is 16.7 Å². The van der Waals surface area contributed by atoms with E-state index < -0.39 is 11.5 Å². The van der Waals surface area contributed by atoms with E-state index in [0.29, 0.717) is 29.2 Å². The average molecular weight is 373 g/mol. The van der Waals surface area contributed by atoms with Gasteiger partial charge in [0.2, 0.25) is 0 Å². The van der Waals surface area contributed by atoms with Crippen molar-refractivity contribution in [1.82, 2.24) is 19.9 Å². The number of aliphatic hydroxyl groups is 1. The summed E-state index contributed by atoms with van der Waals surface area (Å²) in [6, 6.07) is 10.5. The van der Waals surface area contributed by atoms with Crippen molar-refractivity contribution in [2.24, 2.45) is 0 Å². The first kappa shape index (κ1) is 18.0. The standard InChI is InChI=1S/C18H17ClN4O3/c19-13-5-3-12(4-6-13)10-21-17(25)15-11-20-16-8-7-14(2-1-9-24)22-23(16)18(15)26/h3-8,11,24H,1-2,9-10H2,(H,21,25). The molecule has 3 rings (SSSR count). The highest BCUT2D eigenvalue weighted by atomic mass is 35.5. The highest BCUT2D eigenvalue weighted by Crippen LogP contribution is 2.09. The Morgan fingerprint density at radius 1 is 1.19 bits per heavy atom. The summed E-state index contributed by atoms with van der Waals surface area (Å²) in [6.45, 7) is 0.308. The number of nitrogens with zero attached hydrogens (tertiary/aromatic N) is 3. The summed E-state index contributed by atoms with van der Waals surface area (Å²) in [5.41, 5.74) is 1.25. The molecule has 0 radical (unpaired) electrons. The Bertz CT molecular complexity index is 986. The van der Waals surface area contributed by atoms with Gasteiger partial charge in [0.1, 0.15) is 5.56 Å². The molecule has 2 aromatic heterocycles. The van der Waals surface area contributed by atoms with E-state index in [1.54, 1.807) is 36.4 Å². The summed E-state index contributed by atoms with van der Waals surface area (Å²) >= 11 is 5.83. The summed E-state index contributed by atoms with van der Waals surface area (Å²) in [5.74, 6) is -0.519. The van der Waals surface area contributed by atoms with Gasteiger partial charge in [-0.15, -0.1) is 0 Å². The fourth-order valence-corrected chi connectivity index (χ4v) is 2.56. The SMILES string of the molecule is O=C(NCc1ccc(Cl)cc1)c1cnc2ccc(CCCO)nn2c1=O. The normalized spacial score (nSPS) is 10.8. The van der Waals surface area contributed by atoms with Crippen LogP contribution in [0.15, 0.2) is 47.4 Å². The molecule has 134 valence electrons. The number of aryl methyl sites for hydroxylation is 1. The summed E-state index contributed by atoms with van der Waals surface area (Å²) in [6.07, 6.45) is 2.33. The average Bonchev–Trinajstić information content (AvgIpc) is 2.66. The van der Waals surface area contributed by atoms with Gasteiger partial charge in [-0.05, 0) is 42.7 Å². The summed E-state index contributed by atoms with van der Waals surface area (Å²) in [7, 11) is 0. The second-order valence-corrected chi connectivity index (χ2v) is 6.14. The van der Waals surface area contributed by atoms with Crippen LogP contribution in [-0.2, 0) is 13.0 Å². The topological polar surface area (TPSA) is 96.6 Å². The zero-order valence-electron chi connectivity index (χ0n) is 13.9. The highest BCUT2D eigenvalue weighted by molar-refractivity contribution is 6.30. The molecule has 0 spiro atoms. The number of carbonyl (C=O) groups is 1. The van der Waals surface area contributed by atoms with Crippen LogP contribution in [0.5, 0.6) is 0 Å². The molecule has 0 atom stereocenters. The third kappa shape index (κ3) is 4.07. The molecule has 26 heavy (non-hydrogen) atoms. The Balaban J connectivity index is 1.82. The first-order chi connectivity index (χ1) is 12.6. The predicted molar refractivity (Wildman–Crippen MR) is 97.3 cm³/mol. The lowest BCUT2D eigenvalue weighted by Crippen LogP contribution is -2.32. The van der Waals surface area contributed by atoms with Gasteiger partial charge in [0.05, 0.1) is 5.69 Å². The number of benzene rings is 1. The summed E-state index contributed by atoms with van der Waals surface area (Å²) in [5, 5.41) is 16.4. The van der Waals surface area contributed by atoms with Gasteiger partial charge in [0.25, 0.3) is 11.5 Å². The molecule has 1 amide bonds. The summed E-state index contributed by atoms with van der Waals surface area (Å²) in [4.78, 5) is 29.1. The maximum atomic E-state index is 12.6. The molecule has 0 saturated carbocycles. The maximum absolute atomic E-state index is 12.6. The van der Waals surface area contributed by atoms with Crippen LogP contribution >= 0.6 is 11.6 Å². The number of rotatable bonds is 6.